The van der Waals surface area contributed by atoms with Crippen LogP contribution in [0.15, 0.2) is 59.5 Å². The van der Waals surface area contributed by atoms with Gasteiger partial charge in [0.15, 0.2) is 5.82 Å². The van der Waals surface area contributed by atoms with Crippen LogP contribution in [0.4, 0.5) is 4.39 Å². The van der Waals surface area contributed by atoms with Gasteiger partial charge < -0.3 is 20.7 Å². The van der Waals surface area contributed by atoms with E-state index < -0.39 is 34.8 Å². The Morgan fingerprint density at radius 1 is 1.06 bits per heavy atom. The van der Waals surface area contributed by atoms with Crippen molar-refractivity contribution in [3.05, 3.63) is 87.9 Å². The molecule has 2 amide bonds. The fourth-order valence-electron chi connectivity index (χ4n) is 3.61. The number of carbonyl (C=O) groups is 3. The van der Waals surface area contributed by atoms with Crippen LogP contribution in [0.1, 0.15) is 46.3 Å². The number of aromatic nitrogens is 2. The van der Waals surface area contributed by atoms with Crippen LogP contribution in [0, 0.1) is 11.7 Å². The third kappa shape index (κ3) is 5.26. The van der Waals surface area contributed by atoms with Crippen LogP contribution in [-0.4, -0.2) is 39.4 Å². The van der Waals surface area contributed by atoms with Crippen molar-refractivity contribution in [1.29, 1.82) is 0 Å². The van der Waals surface area contributed by atoms with Crippen LogP contribution in [0.25, 0.3) is 11.1 Å². The number of nitrogens with zero attached hydrogens (tertiary/aromatic N) is 1. The Hall–Kier alpha value is -4.34. The first-order valence-electron chi connectivity index (χ1n) is 11.0. The molecule has 1 fully saturated rings. The summed E-state index contributed by atoms with van der Waals surface area (Å²) in [5.41, 5.74) is 1.03. The lowest BCUT2D eigenvalue weighted by Crippen LogP contribution is -2.39. The summed E-state index contributed by atoms with van der Waals surface area (Å²) in [6.45, 7) is 1.29. The molecule has 1 aliphatic rings. The Kier molecular flexibility index (Phi) is 6.46. The fraction of sp³-hybridized carbons (Fsp3) is 0.240. The van der Waals surface area contributed by atoms with Gasteiger partial charge in [-0.05, 0) is 41.7 Å². The van der Waals surface area contributed by atoms with Gasteiger partial charge in [0, 0.05) is 12.7 Å². The van der Waals surface area contributed by atoms with E-state index in [1.165, 1.54) is 19.1 Å². The molecule has 4 rings (SSSR count). The number of carbonyl (C=O) groups excluding carboxylic acids is 2. The monoisotopic (exact) mass is 478 g/mol. The molecule has 35 heavy (non-hydrogen) atoms. The molecule has 1 heterocycles. The minimum atomic E-state index is -1.07. The summed E-state index contributed by atoms with van der Waals surface area (Å²) in [7, 11) is 0. The number of amides is 2. The topological polar surface area (TPSA) is 141 Å². The number of halogens is 1. The Balaban J connectivity index is 1.43. The largest absolute Gasteiger partial charge is 0.481 e. The Morgan fingerprint density at radius 2 is 1.66 bits per heavy atom. The molecule has 0 saturated heterocycles. The second-order valence-corrected chi connectivity index (χ2v) is 8.54. The molecule has 9 nitrogen and oxygen atoms in total. The van der Waals surface area contributed by atoms with Crippen molar-refractivity contribution in [3.63, 3.8) is 0 Å². The lowest BCUT2D eigenvalue weighted by molar-refractivity contribution is -0.140. The van der Waals surface area contributed by atoms with Crippen molar-refractivity contribution in [2.24, 2.45) is 5.92 Å². The molecule has 1 aromatic heterocycles. The van der Waals surface area contributed by atoms with Gasteiger partial charge in [-0.3, -0.25) is 19.2 Å². The number of benzene rings is 2. The molecule has 180 valence electrons. The Labute approximate surface area is 199 Å². The van der Waals surface area contributed by atoms with Gasteiger partial charge in [-0.15, -0.1) is 0 Å². The van der Waals surface area contributed by atoms with E-state index in [-0.39, 0.29) is 23.7 Å². The molecular formula is C25H23FN4O5. The molecular weight excluding hydrogens is 455 g/mol. The second-order valence-electron chi connectivity index (χ2n) is 8.54. The molecule has 10 heteroatoms. The van der Waals surface area contributed by atoms with Crippen LogP contribution in [0.3, 0.4) is 0 Å². The van der Waals surface area contributed by atoms with Gasteiger partial charge in [0.1, 0.15) is 11.4 Å². The predicted molar refractivity (Wildman–Crippen MR) is 124 cm³/mol. The highest BCUT2D eigenvalue weighted by atomic mass is 19.1. The minimum Gasteiger partial charge on any atom is -0.481 e. The zero-order chi connectivity index (χ0) is 25.2. The number of aromatic amines is 1. The molecule has 0 aliphatic heterocycles. The van der Waals surface area contributed by atoms with Gasteiger partial charge in [-0.25, -0.2) is 9.37 Å². The van der Waals surface area contributed by atoms with Crippen LogP contribution in [-0.2, 0) is 10.3 Å². The van der Waals surface area contributed by atoms with E-state index >= 15 is 0 Å². The molecule has 0 radical (unpaired) electrons. The van der Waals surface area contributed by atoms with Crippen LogP contribution in [0.2, 0.25) is 0 Å². The number of hydrogen-bond donors (Lipinski definition) is 4. The molecule has 2 aromatic carbocycles. The van der Waals surface area contributed by atoms with E-state index in [0.29, 0.717) is 12.8 Å². The molecule has 4 N–H and O–H groups in total. The SMILES string of the molecule is C[C@H](CNC(=O)c1ncc(C(=O)NC2(c3ccc(-c4ccc(F)cc4)cc3)CC2)c(=O)[nH]1)C(=O)O. The molecule has 0 unspecified atom stereocenters. The lowest BCUT2D eigenvalue weighted by atomic mass is 9.99. The number of aliphatic carboxylic acids is 1. The fourth-order valence-corrected chi connectivity index (χ4v) is 3.61. The summed E-state index contributed by atoms with van der Waals surface area (Å²) in [5.74, 6) is -3.88. The zero-order valence-electron chi connectivity index (χ0n) is 18.8. The van der Waals surface area contributed by atoms with Crippen LogP contribution >= 0.6 is 0 Å². The summed E-state index contributed by atoms with van der Waals surface area (Å²) in [4.78, 5) is 54.4. The van der Waals surface area contributed by atoms with Gasteiger partial charge in [0.2, 0.25) is 0 Å². The predicted octanol–water partition coefficient (Wildman–Crippen LogP) is 2.45. The highest BCUT2D eigenvalue weighted by molar-refractivity contribution is 5.95. The smallest absolute Gasteiger partial charge is 0.308 e. The Morgan fingerprint density at radius 3 is 2.20 bits per heavy atom. The third-order valence-corrected chi connectivity index (χ3v) is 5.97. The highest BCUT2D eigenvalue weighted by Gasteiger charge is 2.46. The van der Waals surface area contributed by atoms with Gasteiger partial charge in [-0.1, -0.05) is 43.3 Å². The number of H-pyrrole nitrogens is 1. The summed E-state index contributed by atoms with van der Waals surface area (Å²) in [6, 6.07) is 13.7. The van der Waals surface area contributed by atoms with E-state index in [4.69, 9.17) is 5.11 Å². The van der Waals surface area contributed by atoms with Gasteiger partial charge >= 0.3 is 5.97 Å². The lowest BCUT2D eigenvalue weighted by Gasteiger charge is -2.18. The van der Waals surface area contributed by atoms with Gasteiger partial charge in [0.25, 0.3) is 17.4 Å². The van der Waals surface area contributed by atoms with Crippen molar-refractivity contribution in [2.75, 3.05) is 6.54 Å². The number of carboxylic acid groups (broad SMARTS) is 1. The molecule has 3 aromatic rings. The third-order valence-electron chi connectivity index (χ3n) is 5.97. The first-order chi connectivity index (χ1) is 16.7. The van der Waals surface area contributed by atoms with Gasteiger partial charge in [-0.2, -0.15) is 0 Å². The summed E-state index contributed by atoms with van der Waals surface area (Å²) in [5, 5.41) is 14.1. The maximum absolute atomic E-state index is 13.2. The number of carboxylic acids is 1. The average molecular weight is 478 g/mol. The summed E-state index contributed by atoms with van der Waals surface area (Å²) >= 11 is 0. The number of hydrogen-bond acceptors (Lipinski definition) is 5. The van der Waals surface area contributed by atoms with E-state index in [0.717, 1.165) is 22.9 Å². The van der Waals surface area contributed by atoms with Gasteiger partial charge in [0.05, 0.1) is 11.5 Å². The molecule has 1 saturated carbocycles. The van der Waals surface area contributed by atoms with Crippen LogP contribution in [0.5, 0.6) is 0 Å². The minimum absolute atomic E-state index is 0.136. The van der Waals surface area contributed by atoms with Crippen molar-refractivity contribution in [1.82, 2.24) is 20.6 Å². The summed E-state index contributed by atoms with van der Waals surface area (Å²) < 4.78 is 13.2. The number of rotatable bonds is 8. The highest BCUT2D eigenvalue weighted by Crippen LogP contribution is 2.46. The van der Waals surface area contributed by atoms with E-state index in [2.05, 4.69) is 20.6 Å². The number of nitrogens with one attached hydrogen (secondary N) is 3. The first kappa shape index (κ1) is 23.8. The van der Waals surface area contributed by atoms with E-state index in [9.17, 15) is 23.6 Å². The molecule has 0 spiro atoms. The average Bonchev–Trinajstić information content (AvgIpc) is 3.63. The second kappa shape index (κ2) is 9.49. The molecule has 1 atom stereocenters. The maximum atomic E-state index is 13.2. The first-order valence-corrected chi connectivity index (χ1v) is 11.0. The Bertz CT molecular complexity index is 1330. The summed E-state index contributed by atoms with van der Waals surface area (Å²) in [6.07, 6.45) is 2.42. The standard InChI is InChI=1S/C25H23FN4O5/c1-14(24(34)35)12-28-23(33)20-27-13-19(21(31)29-20)22(32)30-25(10-11-25)17-6-2-15(3-7-17)16-4-8-18(26)9-5-16/h2-9,13-14H,10-12H2,1H3,(H,28,33)(H,30,32)(H,34,35)(H,27,29,31)/t14-/m1/s1. The van der Waals surface area contributed by atoms with Crippen molar-refractivity contribution in [3.8, 4) is 11.1 Å². The normalized spacial score (nSPS) is 14.6. The van der Waals surface area contributed by atoms with Crippen LogP contribution < -0.4 is 16.2 Å². The van der Waals surface area contributed by atoms with Crippen molar-refractivity contribution >= 4 is 17.8 Å². The maximum Gasteiger partial charge on any atom is 0.308 e. The van der Waals surface area contributed by atoms with Crippen molar-refractivity contribution < 1.29 is 23.9 Å². The zero-order valence-corrected chi connectivity index (χ0v) is 18.8. The molecule has 1 aliphatic carbocycles. The quantitative estimate of drug-likeness (QED) is 0.392. The van der Waals surface area contributed by atoms with Crippen molar-refractivity contribution in [2.45, 2.75) is 25.3 Å². The molecule has 0 bridgehead atoms. The van der Waals surface area contributed by atoms with E-state index in [1.807, 2.05) is 24.3 Å². The van der Waals surface area contributed by atoms with E-state index in [1.54, 1.807) is 12.1 Å².